The lowest BCUT2D eigenvalue weighted by Gasteiger charge is -2.47. The molecule has 2 saturated heterocycles. The van der Waals surface area contributed by atoms with E-state index < -0.39 is 12.1 Å². The van der Waals surface area contributed by atoms with E-state index in [1.807, 2.05) is 52.7 Å². The lowest BCUT2D eigenvalue weighted by Crippen LogP contribution is -2.58. The smallest absolute Gasteiger partial charge is 0.328 e. The highest BCUT2D eigenvalue weighted by atomic mass is 32.1. The molecule has 12 nitrogen and oxygen atoms in total. The predicted octanol–water partition coefficient (Wildman–Crippen LogP) is 6.17. The molecule has 2 aromatic heterocycles. The molecule has 0 aliphatic carbocycles. The van der Waals surface area contributed by atoms with E-state index in [1.165, 1.54) is 23.5 Å². The van der Waals surface area contributed by atoms with Crippen molar-refractivity contribution < 1.29 is 34.0 Å². The molecule has 1 amide bonds. The minimum Gasteiger partial charge on any atom is -0.506 e. The molecule has 15 heteroatoms. The summed E-state index contributed by atoms with van der Waals surface area (Å²) in [6.07, 6.45) is 3.87. The number of amides is 1. The number of nitrogens with one attached hydrogen (secondary N) is 2. The Morgan fingerprint density at radius 3 is 2.60 bits per heavy atom. The van der Waals surface area contributed by atoms with Gasteiger partial charge in [-0.05, 0) is 60.7 Å². The number of aromatic amines is 1. The van der Waals surface area contributed by atoms with Crippen molar-refractivity contribution in [2.45, 2.75) is 57.3 Å². The fourth-order valence-electron chi connectivity index (χ4n) is 7.03. The minimum absolute atomic E-state index is 0.0206. The summed E-state index contributed by atoms with van der Waals surface area (Å²) in [6.45, 7) is 8.84. The molecule has 5 aromatic rings. The van der Waals surface area contributed by atoms with Gasteiger partial charge >= 0.3 is 10.8 Å². The Hall–Kier alpha value is -4.77. The zero-order valence-electron chi connectivity index (χ0n) is 31.9. The molecule has 3 aromatic carbocycles. The second kappa shape index (κ2) is 19.1. The zero-order valence-corrected chi connectivity index (χ0v) is 33.6. The Balaban J connectivity index is 0.000000432. The SMILES string of the molecule is CC(C)c1nc(C(=O)N2CCOC3(CCN(Cc4ccc(F)c(CCNC[C@H](O)c5ccc(O)c6[nH]c(=O)sc56)c4)CC3)C2)cs1.O=C(O)/C=C/c1ccccc1. The number of likely N-dealkylation sites (tertiary alicyclic amines) is 1. The molecule has 0 bridgehead atoms. The number of fused-ring (bicyclic) bond motifs is 1. The van der Waals surface area contributed by atoms with Crippen molar-refractivity contribution in [3.63, 3.8) is 0 Å². The summed E-state index contributed by atoms with van der Waals surface area (Å²) in [5.41, 5.74) is 3.59. The molecule has 57 heavy (non-hydrogen) atoms. The largest absolute Gasteiger partial charge is 0.506 e. The molecule has 2 aliphatic heterocycles. The maximum absolute atomic E-state index is 14.7. The zero-order chi connectivity index (χ0) is 40.5. The Labute approximate surface area is 338 Å². The van der Waals surface area contributed by atoms with E-state index >= 15 is 0 Å². The lowest BCUT2D eigenvalue weighted by molar-refractivity contribution is -0.131. The molecule has 0 radical (unpaired) electrons. The van der Waals surface area contributed by atoms with Crippen LogP contribution in [-0.2, 0) is 22.5 Å². The first-order valence-corrected chi connectivity index (χ1v) is 20.7. The molecule has 2 aliphatic rings. The quantitative estimate of drug-likeness (QED) is 0.0726. The number of carbonyl (C=O) groups excluding carboxylic acids is 1. The van der Waals surface area contributed by atoms with Gasteiger partial charge in [-0.15, -0.1) is 11.3 Å². The second-order valence-electron chi connectivity index (χ2n) is 14.6. The van der Waals surface area contributed by atoms with Gasteiger partial charge in [-0.3, -0.25) is 14.5 Å². The van der Waals surface area contributed by atoms with Crippen molar-refractivity contribution in [3.8, 4) is 5.75 Å². The third kappa shape index (κ3) is 11.0. The summed E-state index contributed by atoms with van der Waals surface area (Å²) in [7, 11) is 0. The van der Waals surface area contributed by atoms with Crippen LogP contribution in [0.3, 0.4) is 0 Å². The fraction of sp³-hybridized carbons (Fsp3) is 0.381. The van der Waals surface area contributed by atoms with Gasteiger partial charge in [0.15, 0.2) is 0 Å². The molecule has 1 atom stereocenters. The van der Waals surface area contributed by atoms with Crippen LogP contribution in [0.15, 0.2) is 76.9 Å². The Bertz CT molecular complexity index is 2230. The van der Waals surface area contributed by atoms with Crippen molar-refractivity contribution in [2.24, 2.45) is 0 Å². The topological polar surface area (TPSA) is 168 Å². The summed E-state index contributed by atoms with van der Waals surface area (Å²) in [5.74, 6) is -0.946. The first kappa shape index (κ1) is 41.9. The van der Waals surface area contributed by atoms with Gasteiger partial charge in [0, 0.05) is 55.7 Å². The minimum atomic E-state index is -0.922. The highest BCUT2D eigenvalue weighted by molar-refractivity contribution is 7.16. The van der Waals surface area contributed by atoms with Crippen LogP contribution in [0, 0.1) is 5.82 Å². The molecule has 302 valence electrons. The van der Waals surface area contributed by atoms with Crippen molar-refractivity contribution in [1.82, 2.24) is 25.1 Å². The van der Waals surface area contributed by atoms with E-state index in [0.717, 1.165) is 59.5 Å². The number of aromatic hydroxyl groups is 1. The van der Waals surface area contributed by atoms with Crippen LogP contribution in [0.25, 0.3) is 16.3 Å². The number of carbonyl (C=O) groups is 2. The van der Waals surface area contributed by atoms with Gasteiger partial charge in [0.2, 0.25) is 0 Å². The monoisotopic (exact) mass is 817 g/mol. The van der Waals surface area contributed by atoms with Crippen molar-refractivity contribution in [2.75, 3.05) is 45.9 Å². The molecule has 0 saturated carbocycles. The summed E-state index contributed by atoms with van der Waals surface area (Å²) < 4.78 is 21.5. The van der Waals surface area contributed by atoms with Gasteiger partial charge in [0.25, 0.3) is 5.91 Å². The first-order chi connectivity index (χ1) is 27.4. The van der Waals surface area contributed by atoms with E-state index in [4.69, 9.17) is 9.84 Å². The number of carboxylic acid groups (broad SMARTS) is 1. The molecule has 7 rings (SSSR count). The molecule has 2 fully saturated rings. The Kier molecular flexibility index (Phi) is 14.0. The number of halogens is 1. The Morgan fingerprint density at radius 1 is 1.11 bits per heavy atom. The third-order valence-electron chi connectivity index (χ3n) is 10.1. The fourth-order valence-corrected chi connectivity index (χ4v) is 8.76. The van der Waals surface area contributed by atoms with Crippen LogP contribution in [-0.4, -0.2) is 98.4 Å². The number of morpholine rings is 1. The van der Waals surface area contributed by atoms with Crippen LogP contribution >= 0.6 is 22.7 Å². The number of phenolic OH excluding ortho intramolecular Hbond substituents is 1. The first-order valence-electron chi connectivity index (χ1n) is 19.0. The maximum atomic E-state index is 14.7. The standard InChI is InChI=1S/C33H40FN5O5S2.C9H8O2/c1-20(2)30-36-25(18-45-30)31(42)39-13-14-44-33(19-39)8-11-38(12-9-33)17-21-3-5-24(34)22(15-21)7-10-35-16-27(41)23-4-6-26(40)28-29(23)46-32(43)37-28;10-9(11)7-6-8-4-2-1-3-5-8/h3-6,15,18,20,27,35,40-41H,7-14,16-17,19H2,1-2H3,(H,37,43);1-7H,(H,10,11)/b;7-6+/t27-;/m0./s1. The number of ether oxygens (including phenoxy) is 1. The number of carboxylic acids is 1. The number of aliphatic hydroxyl groups is 1. The molecule has 1 spiro atoms. The van der Waals surface area contributed by atoms with Crippen molar-refractivity contribution in [3.05, 3.63) is 121 Å². The van der Waals surface area contributed by atoms with Crippen LogP contribution < -0.4 is 10.2 Å². The molecule has 4 heterocycles. The van der Waals surface area contributed by atoms with Gasteiger partial charge < -0.3 is 35.3 Å². The number of aliphatic carboxylic acids is 1. The van der Waals surface area contributed by atoms with Gasteiger partial charge in [0.05, 0.1) is 34.6 Å². The summed E-state index contributed by atoms with van der Waals surface area (Å²) in [4.78, 5) is 46.2. The highest BCUT2D eigenvalue weighted by Gasteiger charge is 2.41. The van der Waals surface area contributed by atoms with E-state index in [0.29, 0.717) is 72.2 Å². The van der Waals surface area contributed by atoms with Crippen molar-refractivity contribution >= 4 is 50.8 Å². The highest BCUT2D eigenvalue weighted by Crippen LogP contribution is 2.33. The van der Waals surface area contributed by atoms with Gasteiger partial charge in [-0.1, -0.05) is 73.7 Å². The number of piperidine rings is 1. The number of hydrogen-bond donors (Lipinski definition) is 5. The number of rotatable bonds is 12. The van der Waals surface area contributed by atoms with Crippen LogP contribution in [0.5, 0.6) is 5.75 Å². The Morgan fingerprint density at radius 2 is 1.88 bits per heavy atom. The van der Waals surface area contributed by atoms with E-state index in [-0.39, 0.29) is 34.5 Å². The van der Waals surface area contributed by atoms with Crippen molar-refractivity contribution in [1.29, 1.82) is 0 Å². The van der Waals surface area contributed by atoms with E-state index in [2.05, 4.69) is 34.0 Å². The molecular weight excluding hydrogens is 770 g/mol. The number of phenols is 1. The summed E-state index contributed by atoms with van der Waals surface area (Å²) in [5, 5.41) is 35.1. The number of thiazole rings is 2. The third-order valence-corrected chi connectivity index (χ3v) is 12.2. The van der Waals surface area contributed by atoms with Crippen LogP contribution in [0.1, 0.15) is 76.5 Å². The number of H-pyrrole nitrogens is 1. The van der Waals surface area contributed by atoms with Crippen LogP contribution in [0.2, 0.25) is 0 Å². The molecular formula is C42H48FN5O7S2. The normalized spacial score (nSPS) is 16.3. The lowest BCUT2D eigenvalue weighted by atomic mass is 9.89. The molecule has 5 N–H and O–H groups in total. The average Bonchev–Trinajstić information content (AvgIpc) is 3.86. The van der Waals surface area contributed by atoms with E-state index in [1.54, 1.807) is 12.1 Å². The van der Waals surface area contributed by atoms with Gasteiger partial charge in [-0.2, -0.15) is 0 Å². The number of hydrogen-bond acceptors (Lipinski definition) is 11. The second-order valence-corrected chi connectivity index (χ2v) is 16.5. The number of aliphatic hydroxyl groups excluding tert-OH is 1. The predicted molar refractivity (Wildman–Crippen MR) is 220 cm³/mol. The summed E-state index contributed by atoms with van der Waals surface area (Å²) >= 11 is 2.48. The summed E-state index contributed by atoms with van der Waals surface area (Å²) in [6, 6.07) is 17.6. The molecule has 0 unspecified atom stereocenters. The number of nitrogens with zero attached hydrogens (tertiary/aromatic N) is 3. The maximum Gasteiger partial charge on any atom is 0.328 e. The van der Waals surface area contributed by atoms with Gasteiger partial charge in [0.1, 0.15) is 22.8 Å². The van der Waals surface area contributed by atoms with Crippen LogP contribution in [0.4, 0.5) is 4.39 Å². The van der Waals surface area contributed by atoms with E-state index in [9.17, 15) is 29.0 Å². The average molecular weight is 818 g/mol. The number of aromatic nitrogens is 2. The van der Waals surface area contributed by atoms with Gasteiger partial charge in [-0.25, -0.2) is 14.2 Å². The number of benzene rings is 3.